The predicted octanol–water partition coefficient (Wildman–Crippen LogP) is 2.29. The number of hydrogen-bond donors (Lipinski definition) is 2. The molecule has 1 amide bonds. The molecule has 0 aromatic rings. The smallest absolute Gasteiger partial charge is 0.220 e. The van der Waals surface area contributed by atoms with Crippen LogP contribution >= 0.6 is 0 Å². The molecule has 0 aliphatic carbocycles. The quantitative estimate of drug-likeness (QED) is 0.836. The Morgan fingerprint density at radius 3 is 2.48 bits per heavy atom. The highest BCUT2D eigenvalue weighted by atomic mass is 16.1. The van der Waals surface area contributed by atoms with Crippen molar-refractivity contribution < 1.29 is 4.79 Å². The first-order valence-electron chi connectivity index (χ1n) is 8.73. The first-order valence-corrected chi connectivity index (χ1v) is 8.73. The summed E-state index contributed by atoms with van der Waals surface area (Å²) in [5, 5.41) is 6.75. The van der Waals surface area contributed by atoms with Crippen molar-refractivity contribution in [1.29, 1.82) is 0 Å². The third-order valence-electron chi connectivity index (χ3n) is 4.94. The van der Waals surface area contributed by atoms with Crippen LogP contribution in [0.1, 0.15) is 65.7 Å². The number of nitrogens with zero attached hydrogens (tertiary/aromatic N) is 1. The molecule has 0 aromatic heterocycles. The summed E-state index contributed by atoms with van der Waals surface area (Å²) in [4.78, 5) is 14.6. The zero-order chi connectivity index (χ0) is 15.3. The fraction of sp³-hybridized carbons (Fsp3) is 0.941. The van der Waals surface area contributed by atoms with E-state index < -0.39 is 0 Å². The van der Waals surface area contributed by atoms with Crippen LogP contribution in [0.4, 0.5) is 0 Å². The highest BCUT2D eigenvalue weighted by molar-refractivity contribution is 5.76. The Bertz CT molecular complexity index is 323. The summed E-state index contributed by atoms with van der Waals surface area (Å²) in [7, 11) is 0. The van der Waals surface area contributed by atoms with Crippen LogP contribution < -0.4 is 10.6 Å². The third-order valence-corrected chi connectivity index (χ3v) is 4.94. The Labute approximate surface area is 130 Å². The molecule has 0 aromatic carbocycles. The molecule has 4 nitrogen and oxygen atoms in total. The maximum atomic E-state index is 12.1. The van der Waals surface area contributed by atoms with Crippen LogP contribution in [0.5, 0.6) is 0 Å². The van der Waals surface area contributed by atoms with Crippen molar-refractivity contribution in [2.24, 2.45) is 0 Å². The van der Waals surface area contributed by atoms with Gasteiger partial charge >= 0.3 is 0 Å². The Morgan fingerprint density at radius 2 is 1.90 bits per heavy atom. The topological polar surface area (TPSA) is 44.4 Å². The van der Waals surface area contributed by atoms with E-state index in [2.05, 4.69) is 36.3 Å². The lowest BCUT2D eigenvalue weighted by Crippen LogP contribution is -2.51. The van der Waals surface area contributed by atoms with Gasteiger partial charge in [-0.3, -0.25) is 9.69 Å². The van der Waals surface area contributed by atoms with Crippen molar-refractivity contribution in [2.75, 3.05) is 19.6 Å². The van der Waals surface area contributed by atoms with Gasteiger partial charge in [-0.1, -0.05) is 6.42 Å². The summed E-state index contributed by atoms with van der Waals surface area (Å²) in [6, 6.07) is 0.947. The number of amides is 1. The van der Waals surface area contributed by atoms with Crippen LogP contribution in [0.3, 0.4) is 0 Å². The number of nitrogens with one attached hydrogen (secondary N) is 2. The fourth-order valence-corrected chi connectivity index (χ4v) is 3.47. The average molecular weight is 295 g/mol. The number of likely N-dealkylation sites (tertiary alicyclic amines) is 1. The molecule has 2 N–H and O–H groups in total. The highest BCUT2D eigenvalue weighted by Crippen LogP contribution is 2.20. The van der Waals surface area contributed by atoms with Crippen LogP contribution in [-0.2, 0) is 4.79 Å². The summed E-state index contributed by atoms with van der Waals surface area (Å²) in [5.74, 6) is 0.247. The second-order valence-corrected chi connectivity index (χ2v) is 7.69. The normalized spacial score (nSPS) is 25.8. The highest BCUT2D eigenvalue weighted by Gasteiger charge is 2.27. The van der Waals surface area contributed by atoms with Gasteiger partial charge in [-0.2, -0.15) is 0 Å². The van der Waals surface area contributed by atoms with Gasteiger partial charge in [0.05, 0.1) is 0 Å². The van der Waals surface area contributed by atoms with Gasteiger partial charge in [0.25, 0.3) is 0 Å². The van der Waals surface area contributed by atoms with E-state index in [1.165, 1.54) is 19.3 Å². The number of rotatable bonds is 4. The van der Waals surface area contributed by atoms with Gasteiger partial charge < -0.3 is 10.6 Å². The molecular weight excluding hydrogens is 262 g/mol. The zero-order valence-corrected chi connectivity index (χ0v) is 14.1. The van der Waals surface area contributed by atoms with E-state index in [0.717, 1.165) is 38.9 Å². The number of piperidine rings is 2. The second kappa shape index (κ2) is 7.59. The molecule has 0 saturated carbocycles. The molecule has 2 saturated heterocycles. The first kappa shape index (κ1) is 16.8. The molecule has 2 heterocycles. The van der Waals surface area contributed by atoms with E-state index in [4.69, 9.17) is 0 Å². The summed E-state index contributed by atoms with van der Waals surface area (Å²) in [6.07, 6.45) is 7.68. The van der Waals surface area contributed by atoms with Crippen molar-refractivity contribution >= 4 is 5.91 Å². The minimum Gasteiger partial charge on any atom is -0.353 e. The molecule has 122 valence electrons. The molecule has 21 heavy (non-hydrogen) atoms. The van der Waals surface area contributed by atoms with Gasteiger partial charge in [-0.05, 0) is 59.4 Å². The Balaban J connectivity index is 1.62. The standard InChI is InChI=1S/C17H33N3O/c1-17(2,3)20-12-9-15(10-13-20)19-16(21)8-7-14-6-4-5-11-18-14/h14-15,18H,4-13H2,1-3H3,(H,19,21). The van der Waals surface area contributed by atoms with Gasteiger partial charge in [-0.25, -0.2) is 0 Å². The molecule has 0 spiro atoms. The van der Waals surface area contributed by atoms with Gasteiger partial charge in [0.1, 0.15) is 0 Å². The fourth-order valence-electron chi connectivity index (χ4n) is 3.47. The number of hydrogen-bond acceptors (Lipinski definition) is 3. The minimum atomic E-state index is 0.247. The molecule has 2 fully saturated rings. The molecule has 0 bridgehead atoms. The molecule has 2 aliphatic rings. The van der Waals surface area contributed by atoms with Crippen LogP contribution in [0.25, 0.3) is 0 Å². The van der Waals surface area contributed by atoms with Crippen molar-refractivity contribution in [3.8, 4) is 0 Å². The number of carbonyl (C=O) groups excluding carboxylic acids is 1. The molecule has 4 heteroatoms. The second-order valence-electron chi connectivity index (χ2n) is 7.69. The monoisotopic (exact) mass is 295 g/mol. The number of carbonyl (C=O) groups is 1. The predicted molar refractivity (Wildman–Crippen MR) is 87.4 cm³/mol. The lowest BCUT2D eigenvalue weighted by atomic mass is 9.97. The average Bonchev–Trinajstić information content (AvgIpc) is 2.46. The minimum absolute atomic E-state index is 0.247. The van der Waals surface area contributed by atoms with E-state index in [9.17, 15) is 4.79 Å². The van der Waals surface area contributed by atoms with Crippen LogP contribution in [0.2, 0.25) is 0 Å². The van der Waals surface area contributed by atoms with Gasteiger partial charge in [0, 0.05) is 37.1 Å². The summed E-state index contributed by atoms with van der Waals surface area (Å²) >= 11 is 0. The molecule has 1 unspecified atom stereocenters. The van der Waals surface area contributed by atoms with Crippen molar-refractivity contribution in [2.45, 2.75) is 83.3 Å². The zero-order valence-electron chi connectivity index (χ0n) is 14.1. The third kappa shape index (κ3) is 5.59. The molecule has 2 aliphatic heterocycles. The van der Waals surface area contributed by atoms with Crippen LogP contribution in [-0.4, -0.2) is 48.1 Å². The molecule has 2 rings (SSSR count). The van der Waals surface area contributed by atoms with E-state index in [1.807, 2.05) is 0 Å². The van der Waals surface area contributed by atoms with Gasteiger partial charge in [-0.15, -0.1) is 0 Å². The van der Waals surface area contributed by atoms with E-state index in [-0.39, 0.29) is 11.4 Å². The lowest BCUT2D eigenvalue weighted by molar-refractivity contribution is -0.122. The largest absolute Gasteiger partial charge is 0.353 e. The summed E-state index contributed by atoms with van der Waals surface area (Å²) < 4.78 is 0. The molecule has 0 radical (unpaired) electrons. The summed E-state index contributed by atoms with van der Waals surface area (Å²) in [5.41, 5.74) is 0.252. The van der Waals surface area contributed by atoms with E-state index in [1.54, 1.807) is 0 Å². The Morgan fingerprint density at radius 1 is 1.19 bits per heavy atom. The van der Waals surface area contributed by atoms with Crippen LogP contribution in [0, 0.1) is 0 Å². The van der Waals surface area contributed by atoms with Crippen molar-refractivity contribution in [3.63, 3.8) is 0 Å². The van der Waals surface area contributed by atoms with Gasteiger partial charge in [0.15, 0.2) is 0 Å². The maximum Gasteiger partial charge on any atom is 0.220 e. The SMILES string of the molecule is CC(C)(C)N1CCC(NC(=O)CCC2CCCCN2)CC1. The molecule has 1 atom stereocenters. The Hall–Kier alpha value is -0.610. The van der Waals surface area contributed by atoms with Crippen molar-refractivity contribution in [3.05, 3.63) is 0 Å². The van der Waals surface area contributed by atoms with E-state index in [0.29, 0.717) is 18.5 Å². The Kier molecular flexibility index (Phi) is 6.06. The van der Waals surface area contributed by atoms with Crippen molar-refractivity contribution in [1.82, 2.24) is 15.5 Å². The van der Waals surface area contributed by atoms with Crippen LogP contribution in [0.15, 0.2) is 0 Å². The van der Waals surface area contributed by atoms with E-state index >= 15 is 0 Å². The lowest BCUT2D eigenvalue weighted by Gasteiger charge is -2.41. The summed E-state index contributed by atoms with van der Waals surface area (Å²) in [6.45, 7) is 10.1. The first-order chi connectivity index (χ1) is 9.95. The van der Waals surface area contributed by atoms with Gasteiger partial charge in [0.2, 0.25) is 5.91 Å². The maximum absolute atomic E-state index is 12.1. The molecular formula is C17H33N3O.